The molecule has 0 amide bonds. The van der Waals surface area contributed by atoms with Gasteiger partial charge in [-0.3, -0.25) is 9.59 Å². The van der Waals surface area contributed by atoms with Crippen molar-refractivity contribution in [2.75, 3.05) is 6.61 Å². The molecule has 2 N–H and O–H groups in total. The maximum absolute atomic E-state index is 11.5. The first-order valence-corrected chi connectivity index (χ1v) is 5.15. The fraction of sp³-hybridized carbons (Fsp3) is 0.636. The first-order chi connectivity index (χ1) is 7.15. The van der Waals surface area contributed by atoms with Crippen LogP contribution in [0.5, 0.6) is 0 Å². The van der Waals surface area contributed by atoms with E-state index in [1.807, 2.05) is 0 Å². The Morgan fingerprint density at radius 2 is 2.20 bits per heavy atom. The molecule has 1 fully saturated rings. The molecule has 0 bridgehead atoms. The molecule has 1 aliphatic rings. The molecule has 84 valence electrons. The molecule has 0 unspecified atom stereocenters. The van der Waals surface area contributed by atoms with Crippen LogP contribution >= 0.6 is 0 Å². The van der Waals surface area contributed by atoms with Crippen molar-refractivity contribution >= 4 is 11.8 Å². The fourth-order valence-corrected chi connectivity index (χ4v) is 2.09. The van der Waals surface area contributed by atoms with Crippen molar-refractivity contribution in [2.24, 2.45) is 11.8 Å². The molecular weight excluding hydrogens is 196 g/mol. The Labute approximate surface area is 88.6 Å². The molecule has 0 radical (unpaired) electrons. The highest BCUT2D eigenvalue weighted by Crippen LogP contribution is 2.33. The van der Waals surface area contributed by atoms with Gasteiger partial charge >= 0.3 is 5.97 Å². The number of hydrogen-bond acceptors (Lipinski definition) is 3. The lowest BCUT2D eigenvalue weighted by atomic mass is 9.89. The Kier molecular flexibility index (Phi) is 4.49. The maximum Gasteiger partial charge on any atom is 0.303 e. The number of Topliss-reactive ketones (excluding diaryl/α,β-unsaturated/α-hetero) is 1. The molecule has 0 aromatic heterocycles. The SMILES string of the molecule is O=C(O)C[C@H]1CCC(=O)[C@H]1C/C=C\CO. The summed E-state index contributed by atoms with van der Waals surface area (Å²) < 4.78 is 0. The van der Waals surface area contributed by atoms with E-state index in [1.165, 1.54) is 0 Å². The second-order valence-corrected chi connectivity index (χ2v) is 3.86. The van der Waals surface area contributed by atoms with E-state index in [0.29, 0.717) is 19.3 Å². The normalized spacial score (nSPS) is 26.3. The van der Waals surface area contributed by atoms with Crippen molar-refractivity contribution in [3.8, 4) is 0 Å². The van der Waals surface area contributed by atoms with Gasteiger partial charge in [-0.25, -0.2) is 0 Å². The molecule has 2 atom stereocenters. The molecule has 0 heterocycles. The summed E-state index contributed by atoms with van der Waals surface area (Å²) in [5.41, 5.74) is 0. The monoisotopic (exact) mass is 212 g/mol. The summed E-state index contributed by atoms with van der Waals surface area (Å²) in [6.07, 6.45) is 5.14. The first-order valence-electron chi connectivity index (χ1n) is 5.15. The average Bonchev–Trinajstić information content (AvgIpc) is 2.49. The lowest BCUT2D eigenvalue weighted by Crippen LogP contribution is -2.17. The van der Waals surface area contributed by atoms with E-state index in [1.54, 1.807) is 12.2 Å². The van der Waals surface area contributed by atoms with Crippen LogP contribution in [0, 0.1) is 11.8 Å². The van der Waals surface area contributed by atoms with Crippen molar-refractivity contribution in [1.29, 1.82) is 0 Å². The number of carboxylic acids is 1. The zero-order valence-electron chi connectivity index (χ0n) is 8.56. The number of aliphatic carboxylic acids is 1. The largest absolute Gasteiger partial charge is 0.481 e. The highest BCUT2D eigenvalue weighted by Gasteiger charge is 2.34. The number of carboxylic acid groups (broad SMARTS) is 1. The van der Waals surface area contributed by atoms with Gasteiger partial charge in [-0.2, -0.15) is 0 Å². The molecule has 1 rings (SSSR count). The standard InChI is InChI=1S/C11H16O4/c12-6-2-1-3-9-8(7-11(14)15)4-5-10(9)13/h1-2,8-9,12H,3-7H2,(H,14,15)/b2-1-/t8-,9+/m1/s1. The number of allylic oxidation sites excluding steroid dienone is 1. The van der Waals surface area contributed by atoms with E-state index in [2.05, 4.69) is 0 Å². The molecule has 4 nitrogen and oxygen atoms in total. The van der Waals surface area contributed by atoms with E-state index >= 15 is 0 Å². The van der Waals surface area contributed by atoms with Gasteiger partial charge in [0.05, 0.1) is 6.61 Å². The molecule has 0 aromatic carbocycles. The maximum atomic E-state index is 11.5. The number of carbonyl (C=O) groups is 2. The van der Waals surface area contributed by atoms with Crippen molar-refractivity contribution in [1.82, 2.24) is 0 Å². The van der Waals surface area contributed by atoms with Gasteiger partial charge in [-0.15, -0.1) is 0 Å². The van der Waals surface area contributed by atoms with E-state index < -0.39 is 5.97 Å². The Morgan fingerprint density at radius 3 is 2.80 bits per heavy atom. The van der Waals surface area contributed by atoms with Crippen molar-refractivity contribution < 1.29 is 19.8 Å². The van der Waals surface area contributed by atoms with Gasteiger partial charge in [0, 0.05) is 18.8 Å². The predicted molar refractivity (Wildman–Crippen MR) is 54.3 cm³/mol. The van der Waals surface area contributed by atoms with E-state index in [4.69, 9.17) is 10.2 Å². The Morgan fingerprint density at radius 1 is 1.47 bits per heavy atom. The second-order valence-electron chi connectivity index (χ2n) is 3.86. The van der Waals surface area contributed by atoms with Crippen LogP contribution in [0.3, 0.4) is 0 Å². The number of aliphatic hydroxyl groups excluding tert-OH is 1. The topological polar surface area (TPSA) is 74.6 Å². The first kappa shape index (κ1) is 11.9. The number of aliphatic hydroxyl groups is 1. The molecule has 1 aliphatic carbocycles. The third-order valence-corrected chi connectivity index (χ3v) is 2.84. The molecule has 15 heavy (non-hydrogen) atoms. The number of carbonyl (C=O) groups excluding carboxylic acids is 1. The molecule has 0 aliphatic heterocycles. The molecule has 0 aromatic rings. The molecule has 0 saturated heterocycles. The van der Waals surface area contributed by atoms with Crippen molar-refractivity contribution in [3.05, 3.63) is 12.2 Å². The lowest BCUT2D eigenvalue weighted by molar-refractivity contribution is -0.138. The summed E-state index contributed by atoms with van der Waals surface area (Å²) in [5.74, 6) is -0.878. The highest BCUT2D eigenvalue weighted by atomic mass is 16.4. The summed E-state index contributed by atoms with van der Waals surface area (Å²) in [4.78, 5) is 22.0. The molecule has 4 heteroatoms. The quantitative estimate of drug-likeness (QED) is 0.666. The second kappa shape index (κ2) is 5.66. The van der Waals surface area contributed by atoms with Gasteiger partial charge in [0.25, 0.3) is 0 Å². The number of hydrogen-bond donors (Lipinski definition) is 2. The van der Waals surface area contributed by atoms with Gasteiger partial charge in [0.15, 0.2) is 0 Å². The van der Waals surface area contributed by atoms with E-state index in [9.17, 15) is 9.59 Å². The summed E-state index contributed by atoms with van der Waals surface area (Å²) in [6.45, 7) is -0.0372. The average molecular weight is 212 g/mol. The zero-order chi connectivity index (χ0) is 11.3. The van der Waals surface area contributed by atoms with Crippen molar-refractivity contribution in [2.45, 2.75) is 25.7 Å². The number of rotatable bonds is 5. The molecular formula is C11H16O4. The van der Waals surface area contributed by atoms with Crippen LogP contribution in [0.15, 0.2) is 12.2 Å². The minimum absolute atomic E-state index is 0.0293. The number of ketones is 1. The van der Waals surface area contributed by atoms with Crippen LogP contribution in [0.2, 0.25) is 0 Å². The molecule has 1 saturated carbocycles. The smallest absolute Gasteiger partial charge is 0.303 e. The predicted octanol–water partition coefficient (Wildman–Crippen LogP) is 0.995. The lowest BCUT2D eigenvalue weighted by Gasteiger charge is -2.14. The zero-order valence-corrected chi connectivity index (χ0v) is 8.56. The van der Waals surface area contributed by atoms with E-state index in [-0.39, 0.29) is 30.6 Å². The highest BCUT2D eigenvalue weighted by molar-refractivity contribution is 5.84. The van der Waals surface area contributed by atoms with Crippen molar-refractivity contribution in [3.63, 3.8) is 0 Å². The minimum Gasteiger partial charge on any atom is -0.481 e. The van der Waals surface area contributed by atoms with Crippen LogP contribution in [0.25, 0.3) is 0 Å². The third-order valence-electron chi connectivity index (χ3n) is 2.84. The summed E-state index contributed by atoms with van der Waals surface area (Å²) >= 11 is 0. The van der Waals surface area contributed by atoms with Crippen LogP contribution in [-0.2, 0) is 9.59 Å². The Balaban J connectivity index is 2.52. The summed E-state index contributed by atoms with van der Waals surface area (Å²) in [7, 11) is 0. The Bertz CT molecular complexity index is 270. The third kappa shape index (κ3) is 3.47. The fourth-order valence-electron chi connectivity index (χ4n) is 2.09. The van der Waals surface area contributed by atoms with Crippen LogP contribution < -0.4 is 0 Å². The van der Waals surface area contributed by atoms with E-state index in [0.717, 1.165) is 0 Å². The van der Waals surface area contributed by atoms with Gasteiger partial charge in [-0.1, -0.05) is 12.2 Å². The summed E-state index contributed by atoms with van der Waals surface area (Å²) in [6, 6.07) is 0. The Hall–Kier alpha value is -1.16. The van der Waals surface area contributed by atoms with Crippen LogP contribution in [-0.4, -0.2) is 28.6 Å². The van der Waals surface area contributed by atoms with Crippen LogP contribution in [0.1, 0.15) is 25.7 Å². The van der Waals surface area contributed by atoms with Gasteiger partial charge < -0.3 is 10.2 Å². The van der Waals surface area contributed by atoms with Crippen LogP contribution in [0.4, 0.5) is 0 Å². The minimum atomic E-state index is -0.842. The van der Waals surface area contributed by atoms with Gasteiger partial charge in [0.1, 0.15) is 5.78 Å². The summed E-state index contributed by atoms with van der Waals surface area (Å²) in [5, 5.41) is 17.2. The van der Waals surface area contributed by atoms with Gasteiger partial charge in [0.2, 0.25) is 0 Å². The van der Waals surface area contributed by atoms with Gasteiger partial charge in [-0.05, 0) is 18.8 Å². The molecule has 0 spiro atoms.